The van der Waals surface area contributed by atoms with E-state index in [1.54, 1.807) is 30.3 Å². The fourth-order valence-corrected chi connectivity index (χ4v) is 2.33. The second-order valence-electron chi connectivity index (χ2n) is 4.81. The number of pyridine rings is 1. The van der Waals surface area contributed by atoms with E-state index in [9.17, 15) is 20.1 Å². The number of nitro groups is 1. The lowest BCUT2D eigenvalue weighted by atomic mass is 10.1. The van der Waals surface area contributed by atoms with Gasteiger partial charge in [0.15, 0.2) is 6.20 Å². The molecule has 1 amide bonds. The van der Waals surface area contributed by atoms with E-state index in [2.05, 4.69) is 5.32 Å². The third-order valence-electron chi connectivity index (χ3n) is 3.38. The largest absolute Gasteiger partial charge is 0.618 e. The summed E-state index contributed by atoms with van der Waals surface area (Å²) in [6, 6.07) is 14.1. The molecule has 1 aromatic heterocycles. The van der Waals surface area contributed by atoms with Gasteiger partial charge in [-0.25, -0.2) is 0 Å². The van der Waals surface area contributed by atoms with Crippen LogP contribution in [0.1, 0.15) is 10.4 Å². The number of nitro benzene ring substituents is 1. The Bertz CT molecular complexity index is 910. The summed E-state index contributed by atoms with van der Waals surface area (Å²) in [6.45, 7) is 0. The Kier molecular flexibility index (Phi) is 3.60. The van der Waals surface area contributed by atoms with Gasteiger partial charge in [-0.3, -0.25) is 14.9 Å². The van der Waals surface area contributed by atoms with E-state index in [0.29, 0.717) is 10.3 Å². The van der Waals surface area contributed by atoms with Gasteiger partial charge in [-0.1, -0.05) is 18.2 Å². The van der Waals surface area contributed by atoms with Crippen molar-refractivity contribution in [3.8, 4) is 0 Å². The van der Waals surface area contributed by atoms with Gasteiger partial charge in [0.25, 0.3) is 5.91 Å². The van der Waals surface area contributed by atoms with Crippen LogP contribution in [0.4, 0.5) is 11.4 Å². The van der Waals surface area contributed by atoms with Crippen molar-refractivity contribution in [3.05, 3.63) is 81.7 Å². The molecule has 0 unspecified atom stereocenters. The van der Waals surface area contributed by atoms with Gasteiger partial charge in [0, 0.05) is 17.7 Å². The highest BCUT2D eigenvalue weighted by Crippen LogP contribution is 2.32. The Hall–Kier alpha value is -3.48. The van der Waals surface area contributed by atoms with E-state index in [1.165, 1.54) is 30.5 Å². The Balaban J connectivity index is 2.09. The quantitative estimate of drug-likeness (QED) is 0.348. The van der Waals surface area contributed by atoms with E-state index >= 15 is 0 Å². The monoisotopic (exact) mass is 309 g/mol. The number of nitrogens with zero attached hydrogens (tertiary/aromatic N) is 2. The predicted octanol–water partition coefficient (Wildman–Crippen LogP) is 2.63. The highest BCUT2D eigenvalue weighted by molar-refractivity contribution is 6.07. The number of nitrogens with one attached hydrogen (secondary N) is 1. The van der Waals surface area contributed by atoms with E-state index < -0.39 is 10.8 Å². The maximum atomic E-state index is 12.2. The Morgan fingerprint density at radius 2 is 1.78 bits per heavy atom. The lowest BCUT2D eigenvalue weighted by Crippen LogP contribution is -2.26. The summed E-state index contributed by atoms with van der Waals surface area (Å²) in [5.41, 5.74) is 0.283. The topological polar surface area (TPSA) is 99.2 Å². The Morgan fingerprint density at radius 1 is 1.04 bits per heavy atom. The third-order valence-corrected chi connectivity index (χ3v) is 3.38. The van der Waals surface area contributed by atoms with Gasteiger partial charge in [0.2, 0.25) is 5.52 Å². The number of carbonyl (C=O) groups is 1. The van der Waals surface area contributed by atoms with Crippen molar-refractivity contribution < 1.29 is 14.4 Å². The molecule has 1 heterocycles. The highest BCUT2D eigenvalue weighted by atomic mass is 16.6. The van der Waals surface area contributed by atoms with Crippen molar-refractivity contribution in [3.63, 3.8) is 0 Å². The smallest absolute Gasteiger partial charge is 0.306 e. The molecule has 3 rings (SSSR count). The first-order valence-electron chi connectivity index (χ1n) is 6.73. The van der Waals surface area contributed by atoms with Crippen molar-refractivity contribution >= 4 is 28.2 Å². The molecule has 0 aliphatic heterocycles. The van der Waals surface area contributed by atoms with E-state index in [4.69, 9.17) is 0 Å². The van der Waals surface area contributed by atoms with Crippen LogP contribution < -0.4 is 10.0 Å². The first-order chi connectivity index (χ1) is 11.1. The van der Waals surface area contributed by atoms with E-state index in [0.717, 1.165) is 0 Å². The first-order valence-corrected chi connectivity index (χ1v) is 6.73. The van der Waals surface area contributed by atoms with Crippen LogP contribution in [-0.4, -0.2) is 10.8 Å². The number of carbonyl (C=O) groups excluding carboxylic acids is 1. The van der Waals surface area contributed by atoms with E-state index in [-0.39, 0.29) is 22.3 Å². The molecule has 7 nitrogen and oxygen atoms in total. The maximum absolute atomic E-state index is 12.2. The number of benzene rings is 2. The molecule has 2 aromatic carbocycles. The second kappa shape index (κ2) is 5.72. The normalized spacial score (nSPS) is 10.4. The fraction of sp³-hybridized carbons (Fsp3) is 0. The minimum atomic E-state index is -0.608. The average molecular weight is 309 g/mol. The van der Waals surface area contributed by atoms with Crippen molar-refractivity contribution in [2.45, 2.75) is 0 Å². The standard InChI is InChI=1S/C16H11N3O4/c20-16(11-5-2-1-3-6-11)17-13-8-9-14-12(15(13)19(22)23)7-4-10-18(14)21/h1-10H,(H,17,20). The Morgan fingerprint density at radius 3 is 2.48 bits per heavy atom. The lowest BCUT2D eigenvalue weighted by Gasteiger charge is -2.08. The number of aromatic nitrogens is 1. The molecule has 0 bridgehead atoms. The summed E-state index contributed by atoms with van der Waals surface area (Å²) in [5, 5.41) is 25.8. The molecular weight excluding hydrogens is 298 g/mol. The molecule has 3 aromatic rings. The van der Waals surface area contributed by atoms with Crippen LogP contribution in [0, 0.1) is 15.3 Å². The minimum Gasteiger partial charge on any atom is -0.618 e. The van der Waals surface area contributed by atoms with Crippen LogP contribution in [0.3, 0.4) is 0 Å². The van der Waals surface area contributed by atoms with Gasteiger partial charge in [0.05, 0.1) is 4.92 Å². The van der Waals surface area contributed by atoms with Crippen LogP contribution >= 0.6 is 0 Å². The zero-order chi connectivity index (χ0) is 16.4. The third kappa shape index (κ3) is 2.67. The van der Waals surface area contributed by atoms with Crippen molar-refractivity contribution in [2.75, 3.05) is 5.32 Å². The fourth-order valence-electron chi connectivity index (χ4n) is 2.33. The zero-order valence-corrected chi connectivity index (χ0v) is 11.8. The molecule has 0 saturated heterocycles. The van der Waals surface area contributed by atoms with Crippen molar-refractivity contribution in [2.24, 2.45) is 0 Å². The SMILES string of the molecule is O=C(Nc1ccc2c(ccc[n+]2[O-])c1[N+](=O)[O-])c1ccccc1. The van der Waals surface area contributed by atoms with Gasteiger partial charge < -0.3 is 10.5 Å². The Labute approximate surface area is 130 Å². The average Bonchev–Trinajstić information content (AvgIpc) is 2.55. The number of anilines is 1. The van der Waals surface area contributed by atoms with Crippen molar-refractivity contribution in [1.82, 2.24) is 0 Å². The van der Waals surface area contributed by atoms with E-state index in [1.807, 2.05) is 0 Å². The second-order valence-corrected chi connectivity index (χ2v) is 4.81. The maximum Gasteiger partial charge on any atom is 0.306 e. The number of hydrogen-bond acceptors (Lipinski definition) is 4. The number of fused-ring (bicyclic) bond motifs is 1. The highest BCUT2D eigenvalue weighted by Gasteiger charge is 2.23. The summed E-state index contributed by atoms with van der Waals surface area (Å²) in [6.07, 6.45) is 1.26. The number of hydrogen-bond donors (Lipinski definition) is 1. The van der Waals surface area contributed by atoms with Gasteiger partial charge in [0.1, 0.15) is 11.1 Å². The van der Waals surface area contributed by atoms with Crippen molar-refractivity contribution in [1.29, 1.82) is 0 Å². The predicted molar refractivity (Wildman–Crippen MR) is 84.0 cm³/mol. The number of rotatable bonds is 3. The molecule has 0 aliphatic rings. The summed E-state index contributed by atoms with van der Waals surface area (Å²) in [4.78, 5) is 23.0. The first kappa shape index (κ1) is 14.5. The zero-order valence-electron chi connectivity index (χ0n) is 11.8. The van der Waals surface area contributed by atoms with Gasteiger partial charge in [-0.05, 0) is 24.3 Å². The van der Waals surface area contributed by atoms with Crippen LogP contribution in [0.2, 0.25) is 0 Å². The summed E-state index contributed by atoms with van der Waals surface area (Å²) in [5.74, 6) is -0.459. The molecule has 1 N–H and O–H groups in total. The van der Waals surface area contributed by atoms with Gasteiger partial charge >= 0.3 is 5.69 Å². The number of amides is 1. The minimum absolute atomic E-state index is 0.0440. The molecule has 114 valence electrons. The molecule has 7 heteroatoms. The van der Waals surface area contributed by atoms with Crippen LogP contribution in [0.15, 0.2) is 60.8 Å². The molecule has 23 heavy (non-hydrogen) atoms. The summed E-state index contributed by atoms with van der Waals surface area (Å²) < 4.78 is 0.547. The summed E-state index contributed by atoms with van der Waals surface area (Å²) in [7, 11) is 0. The molecule has 0 radical (unpaired) electrons. The van der Waals surface area contributed by atoms with Gasteiger partial charge in [-0.15, -0.1) is 0 Å². The molecular formula is C16H11N3O4. The van der Waals surface area contributed by atoms with Crippen LogP contribution in [0.5, 0.6) is 0 Å². The molecule has 0 saturated carbocycles. The molecule has 0 atom stereocenters. The summed E-state index contributed by atoms with van der Waals surface area (Å²) >= 11 is 0. The molecule has 0 fully saturated rings. The van der Waals surface area contributed by atoms with Gasteiger partial charge in [-0.2, -0.15) is 4.73 Å². The van der Waals surface area contributed by atoms with Crippen LogP contribution in [-0.2, 0) is 0 Å². The molecule has 0 aliphatic carbocycles. The molecule has 0 spiro atoms. The lowest BCUT2D eigenvalue weighted by molar-refractivity contribution is -0.577. The van der Waals surface area contributed by atoms with Crippen LogP contribution in [0.25, 0.3) is 10.9 Å².